The predicted octanol–water partition coefficient (Wildman–Crippen LogP) is 5.05. The molecule has 2 rings (SSSR count). The highest BCUT2D eigenvalue weighted by molar-refractivity contribution is 7.12. The molecule has 0 aliphatic rings. The van der Waals surface area contributed by atoms with Crippen LogP contribution >= 0.6 is 22.9 Å². The monoisotopic (exact) mass is 294 g/mol. The Balaban J connectivity index is 2.28. The second-order valence-electron chi connectivity index (χ2n) is 4.16. The summed E-state index contributed by atoms with van der Waals surface area (Å²) < 4.78 is 13.5. The average molecular weight is 295 g/mol. The third-order valence-corrected chi connectivity index (χ3v) is 4.00. The van der Waals surface area contributed by atoms with E-state index in [1.165, 1.54) is 24.3 Å². The van der Waals surface area contributed by atoms with Crippen molar-refractivity contribution in [2.24, 2.45) is 0 Å². The lowest BCUT2D eigenvalue weighted by atomic mass is 10.1. The second kappa shape index (κ2) is 5.68. The molecule has 1 aromatic heterocycles. The van der Waals surface area contributed by atoms with Gasteiger partial charge < -0.3 is 0 Å². The summed E-state index contributed by atoms with van der Waals surface area (Å²) in [6.07, 6.45) is 2.78. The van der Waals surface area contributed by atoms with Gasteiger partial charge in [-0.25, -0.2) is 4.39 Å². The first kappa shape index (κ1) is 14.0. The molecule has 0 bridgehead atoms. The van der Waals surface area contributed by atoms with Crippen molar-refractivity contribution in [1.82, 2.24) is 0 Å². The number of hydrogen-bond donors (Lipinski definition) is 0. The van der Waals surface area contributed by atoms with Crippen LogP contribution in [0.25, 0.3) is 6.08 Å². The van der Waals surface area contributed by atoms with Gasteiger partial charge in [-0.15, -0.1) is 11.3 Å². The number of hydrogen-bond acceptors (Lipinski definition) is 2. The summed E-state index contributed by atoms with van der Waals surface area (Å²) in [5, 5.41) is 0.294. The number of allylic oxidation sites excluding steroid dienone is 1. The van der Waals surface area contributed by atoms with E-state index in [4.69, 9.17) is 11.6 Å². The van der Waals surface area contributed by atoms with Crippen LogP contribution in [0.15, 0.2) is 30.3 Å². The molecule has 0 saturated heterocycles. The van der Waals surface area contributed by atoms with Crippen molar-refractivity contribution in [3.8, 4) is 0 Å². The number of aryl methyl sites for hydroxylation is 2. The first-order valence-electron chi connectivity index (χ1n) is 5.72. The number of ketones is 1. The van der Waals surface area contributed by atoms with Crippen LogP contribution in [0.2, 0.25) is 5.02 Å². The largest absolute Gasteiger partial charge is 0.289 e. The molecule has 0 N–H and O–H groups in total. The highest BCUT2D eigenvalue weighted by Crippen LogP contribution is 2.23. The van der Waals surface area contributed by atoms with Crippen LogP contribution in [0.1, 0.15) is 25.7 Å². The first-order chi connectivity index (χ1) is 8.99. The molecule has 1 aromatic carbocycles. The number of carbonyl (C=O) groups is 1. The van der Waals surface area contributed by atoms with E-state index in [1.54, 1.807) is 17.4 Å². The Morgan fingerprint density at radius 2 is 2.11 bits per heavy atom. The molecular formula is C15H12ClFOS. The fourth-order valence-electron chi connectivity index (χ4n) is 1.79. The normalized spacial score (nSPS) is 11.2. The first-order valence-corrected chi connectivity index (χ1v) is 6.92. The van der Waals surface area contributed by atoms with Crippen molar-refractivity contribution in [2.75, 3.05) is 0 Å². The maximum Gasteiger partial charge on any atom is 0.186 e. The third-order valence-electron chi connectivity index (χ3n) is 2.71. The van der Waals surface area contributed by atoms with E-state index in [2.05, 4.69) is 0 Å². The summed E-state index contributed by atoms with van der Waals surface area (Å²) in [7, 11) is 0. The summed E-state index contributed by atoms with van der Waals surface area (Å²) in [6, 6.07) is 6.28. The molecule has 0 spiro atoms. The van der Waals surface area contributed by atoms with Gasteiger partial charge in [-0.2, -0.15) is 0 Å². The van der Waals surface area contributed by atoms with E-state index in [9.17, 15) is 9.18 Å². The number of benzene rings is 1. The van der Waals surface area contributed by atoms with Crippen molar-refractivity contribution >= 4 is 34.8 Å². The summed E-state index contributed by atoms with van der Waals surface area (Å²) >= 11 is 7.46. The Labute approximate surface area is 120 Å². The van der Waals surface area contributed by atoms with E-state index in [0.29, 0.717) is 10.6 Å². The highest BCUT2D eigenvalue weighted by Gasteiger charge is 2.10. The molecule has 0 amide bonds. The van der Waals surface area contributed by atoms with E-state index >= 15 is 0 Å². The molecule has 0 aliphatic heterocycles. The molecule has 0 saturated carbocycles. The molecule has 0 radical (unpaired) electrons. The molecule has 4 heteroatoms. The van der Waals surface area contributed by atoms with E-state index in [-0.39, 0.29) is 11.3 Å². The lowest BCUT2D eigenvalue weighted by Gasteiger charge is -1.99. The van der Waals surface area contributed by atoms with Crippen molar-refractivity contribution in [2.45, 2.75) is 13.8 Å². The van der Waals surface area contributed by atoms with Crippen molar-refractivity contribution in [3.05, 3.63) is 62.1 Å². The van der Waals surface area contributed by atoms with Crippen LogP contribution in [0.3, 0.4) is 0 Å². The molecule has 0 fully saturated rings. The molecule has 1 nitrogen and oxygen atoms in total. The van der Waals surface area contributed by atoms with Gasteiger partial charge in [0.25, 0.3) is 0 Å². The van der Waals surface area contributed by atoms with Gasteiger partial charge in [0.05, 0.1) is 5.02 Å². The van der Waals surface area contributed by atoms with Crippen LogP contribution in [0, 0.1) is 19.7 Å². The number of carbonyl (C=O) groups excluding carboxylic acids is 1. The van der Waals surface area contributed by atoms with Gasteiger partial charge in [0.15, 0.2) is 5.78 Å². The zero-order valence-corrected chi connectivity index (χ0v) is 12.1. The van der Waals surface area contributed by atoms with Gasteiger partial charge in [-0.3, -0.25) is 4.79 Å². The lowest BCUT2D eigenvalue weighted by Crippen LogP contribution is -1.94. The lowest BCUT2D eigenvalue weighted by molar-refractivity contribution is 0.104. The summed E-state index contributed by atoms with van der Waals surface area (Å²) in [5.41, 5.74) is 0.897. The molecular weight excluding hydrogens is 283 g/mol. The van der Waals surface area contributed by atoms with Gasteiger partial charge >= 0.3 is 0 Å². The Morgan fingerprint density at radius 1 is 1.37 bits per heavy atom. The van der Waals surface area contributed by atoms with Crippen LogP contribution < -0.4 is 0 Å². The van der Waals surface area contributed by atoms with E-state index in [0.717, 1.165) is 9.75 Å². The molecule has 19 heavy (non-hydrogen) atoms. The minimum Gasteiger partial charge on any atom is -0.289 e. The number of thiophene rings is 1. The van der Waals surface area contributed by atoms with Crippen molar-refractivity contribution in [3.63, 3.8) is 0 Å². The highest BCUT2D eigenvalue weighted by atomic mass is 35.5. The van der Waals surface area contributed by atoms with Crippen LogP contribution in [0.4, 0.5) is 4.39 Å². The second-order valence-corrected chi connectivity index (χ2v) is 6.03. The Kier molecular flexibility index (Phi) is 4.17. The summed E-state index contributed by atoms with van der Waals surface area (Å²) in [4.78, 5) is 14.1. The van der Waals surface area contributed by atoms with Gasteiger partial charge in [0.1, 0.15) is 5.82 Å². The maximum atomic E-state index is 13.5. The standard InChI is InChI=1S/C15H12ClFOS/c1-9-8-12(10(2)19-9)15(18)7-6-11-13(16)4-3-5-14(11)17/h3-8H,1-2H3/b7-6+. The topological polar surface area (TPSA) is 17.1 Å². The SMILES string of the molecule is Cc1cc(C(=O)/C=C/c2c(F)cccc2Cl)c(C)s1. The molecule has 0 unspecified atom stereocenters. The van der Waals surface area contributed by atoms with Crippen LogP contribution in [-0.4, -0.2) is 5.78 Å². The molecule has 0 atom stereocenters. The Hall–Kier alpha value is -1.45. The van der Waals surface area contributed by atoms with Gasteiger partial charge in [-0.1, -0.05) is 17.7 Å². The van der Waals surface area contributed by atoms with E-state index in [1.807, 2.05) is 19.9 Å². The average Bonchev–Trinajstić information content (AvgIpc) is 2.67. The fourth-order valence-corrected chi connectivity index (χ4v) is 2.95. The molecule has 0 aliphatic carbocycles. The van der Waals surface area contributed by atoms with Crippen molar-refractivity contribution in [1.29, 1.82) is 0 Å². The van der Waals surface area contributed by atoms with Gasteiger partial charge in [-0.05, 0) is 44.2 Å². The molecule has 1 heterocycles. The minimum absolute atomic E-state index is 0.138. The third kappa shape index (κ3) is 3.11. The smallest absolute Gasteiger partial charge is 0.186 e. The minimum atomic E-state index is -0.435. The maximum absolute atomic E-state index is 13.5. The van der Waals surface area contributed by atoms with Gasteiger partial charge in [0.2, 0.25) is 0 Å². The summed E-state index contributed by atoms with van der Waals surface area (Å²) in [5.74, 6) is -0.573. The molecule has 98 valence electrons. The van der Waals surface area contributed by atoms with Crippen LogP contribution in [0.5, 0.6) is 0 Å². The quantitative estimate of drug-likeness (QED) is 0.571. The number of rotatable bonds is 3. The van der Waals surface area contributed by atoms with Crippen molar-refractivity contribution < 1.29 is 9.18 Å². The molecule has 2 aromatic rings. The fraction of sp³-hybridized carbons (Fsp3) is 0.133. The van der Waals surface area contributed by atoms with Crippen LogP contribution in [-0.2, 0) is 0 Å². The summed E-state index contributed by atoms with van der Waals surface area (Å²) in [6.45, 7) is 3.85. The predicted molar refractivity (Wildman–Crippen MR) is 78.6 cm³/mol. The zero-order chi connectivity index (χ0) is 14.0. The number of halogens is 2. The Morgan fingerprint density at radius 3 is 2.68 bits per heavy atom. The zero-order valence-electron chi connectivity index (χ0n) is 10.5. The Bertz CT molecular complexity index is 638. The van der Waals surface area contributed by atoms with Gasteiger partial charge in [0, 0.05) is 20.9 Å². The van der Waals surface area contributed by atoms with E-state index < -0.39 is 5.82 Å².